The molecule has 19 atom stereocenters. The molecule has 5 rings (SSSR count). The fourth-order valence-electron chi connectivity index (χ4n) is 10.9. The smallest absolute Gasteiger partial charge is 0.338 e. The van der Waals surface area contributed by atoms with Crippen LogP contribution >= 0.6 is 0 Å². The molecule has 69 heavy (non-hydrogen) atoms. The van der Waals surface area contributed by atoms with Crippen LogP contribution < -0.4 is 0 Å². The molecule has 16 heteroatoms. The number of hydrogen-bond acceptors (Lipinski definition) is 16. The lowest BCUT2D eigenvalue weighted by Crippen LogP contribution is -2.62. The van der Waals surface area contributed by atoms with Gasteiger partial charge in [-0.15, -0.1) is 0 Å². The van der Waals surface area contributed by atoms with Gasteiger partial charge in [0, 0.05) is 32.5 Å². The van der Waals surface area contributed by atoms with Crippen LogP contribution in [0.1, 0.15) is 122 Å². The molecule has 3 aliphatic rings. The number of carbonyl (C=O) groups excluding carboxylic acids is 3. The first kappa shape index (κ1) is 56.4. The van der Waals surface area contributed by atoms with Gasteiger partial charge >= 0.3 is 17.9 Å². The van der Waals surface area contributed by atoms with E-state index in [-0.39, 0.29) is 37.8 Å². The van der Waals surface area contributed by atoms with E-state index in [2.05, 4.69) is 0 Å². The number of esters is 3. The molecule has 2 aromatic rings. The van der Waals surface area contributed by atoms with Gasteiger partial charge in [0.1, 0.15) is 17.3 Å². The number of aliphatic hydroxyl groups excluding tert-OH is 2. The van der Waals surface area contributed by atoms with Gasteiger partial charge in [0.15, 0.2) is 24.8 Å². The quantitative estimate of drug-likeness (QED) is 0.148. The molecule has 3 fully saturated rings. The van der Waals surface area contributed by atoms with Crippen LogP contribution in [0.3, 0.4) is 0 Å². The zero-order valence-corrected chi connectivity index (χ0v) is 43.2. The minimum Gasteiger partial charge on any atom is -0.459 e. The van der Waals surface area contributed by atoms with Gasteiger partial charge in [0.05, 0.1) is 65.3 Å². The normalized spacial score (nSPS) is 40.6. The average molecular weight is 972 g/mol. The zero-order valence-electron chi connectivity index (χ0n) is 43.2. The van der Waals surface area contributed by atoms with Crippen LogP contribution in [0.15, 0.2) is 60.7 Å². The van der Waals surface area contributed by atoms with E-state index in [4.69, 9.17) is 42.6 Å². The highest BCUT2D eigenvalue weighted by Gasteiger charge is 2.56. The van der Waals surface area contributed by atoms with E-state index in [1.54, 1.807) is 89.2 Å². The fraction of sp³-hybridized carbons (Fsp3) is 0.717. The Kier molecular flexibility index (Phi) is 19.4. The van der Waals surface area contributed by atoms with Crippen molar-refractivity contribution < 1.29 is 72.3 Å². The third-order valence-corrected chi connectivity index (χ3v) is 15.3. The molecular weight excluding hydrogens is 891 g/mol. The Balaban J connectivity index is 1.63. The molecule has 388 valence electrons. The van der Waals surface area contributed by atoms with E-state index in [0.717, 1.165) is 0 Å². The molecule has 2 aromatic carbocycles. The Labute approximate surface area is 409 Å². The number of cyclic esters (lactones) is 1. The van der Waals surface area contributed by atoms with Gasteiger partial charge < -0.3 is 62.9 Å². The highest BCUT2D eigenvalue weighted by atomic mass is 16.7. The lowest BCUT2D eigenvalue weighted by Gasteiger charge is -2.51. The van der Waals surface area contributed by atoms with Crippen LogP contribution in [0.5, 0.6) is 0 Å². The van der Waals surface area contributed by atoms with Crippen molar-refractivity contribution in [2.75, 3.05) is 28.3 Å². The van der Waals surface area contributed by atoms with E-state index in [9.17, 15) is 29.7 Å². The second-order valence-electron chi connectivity index (χ2n) is 20.5. The second kappa shape index (κ2) is 23.8. The molecule has 3 saturated heterocycles. The van der Waals surface area contributed by atoms with E-state index in [1.807, 2.05) is 59.7 Å². The van der Waals surface area contributed by atoms with Crippen molar-refractivity contribution in [3.05, 3.63) is 71.8 Å². The third kappa shape index (κ3) is 12.6. The standard InChI is InChI=1S/C53H81NO15/c1-15-39-53(60,16-2)44(56)32(5)41(55)30(3)28-51(9,61-13)45(69-50-43(38(54(11)12)27-31(4)63-50)67-48(58)36-23-19-17-20-24-36)33(6)42(34(7)47(57)65-39)66-40-29-52(10,62-14)46(35(8)64-40)68-49(59)37-25-21-18-22-26-37/h17-26,30-35,38-46,50,55-56,60H,15-16,27-29H2,1-14H3/t30-,31-,32+,33+,34-,35+,38+,39-,40?,41+,42+,43-,44-,45-,46+,50?,51-,52-,53-/m1/s1. The van der Waals surface area contributed by atoms with Crippen LogP contribution in [-0.4, -0.2) is 157 Å². The summed E-state index contributed by atoms with van der Waals surface area (Å²) in [5.41, 5.74) is -3.65. The lowest BCUT2D eigenvalue weighted by molar-refractivity contribution is -0.319. The van der Waals surface area contributed by atoms with Gasteiger partial charge in [-0.1, -0.05) is 71.0 Å². The molecule has 0 aromatic heterocycles. The summed E-state index contributed by atoms with van der Waals surface area (Å²) in [5.74, 6) is -5.19. The largest absolute Gasteiger partial charge is 0.459 e. The molecule has 3 aliphatic heterocycles. The summed E-state index contributed by atoms with van der Waals surface area (Å²) in [6.45, 7) is 17.8. The Bertz CT molecular complexity index is 1960. The van der Waals surface area contributed by atoms with Crippen molar-refractivity contribution in [3.8, 4) is 0 Å². The number of rotatable bonds is 13. The van der Waals surface area contributed by atoms with Crippen LogP contribution in [0.2, 0.25) is 0 Å². The topological polar surface area (TPSA) is 198 Å². The van der Waals surface area contributed by atoms with Crippen molar-refractivity contribution in [3.63, 3.8) is 0 Å². The first-order valence-corrected chi connectivity index (χ1v) is 24.7. The summed E-state index contributed by atoms with van der Waals surface area (Å²) in [7, 11) is 6.86. The molecular formula is C53H81NO15. The second-order valence-corrected chi connectivity index (χ2v) is 20.5. The first-order valence-electron chi connectivity index (χ1n) is 24.7. The van der Waals surface area contributed by atoms with Crippen LogP contribution in [0.4, 0.5) is 0 Å². The average Bonchev–Trinajstić information content (AvgIpc) is 3.34. The summed E-state index contributed by atoms with van der Waals surface area (Å²) in [6.07, 6.45) is -10.3. The summed E-state index contributed by atoms with van der Waals surface area (Å²) < 4.78 is 58.7. The Morgan fingerprint density at radius 3 is 1.83 bits per heavy atom. The molecule has 16 nitrogen and oxygen atoms in total. The number of hydrogen-bond donors (Lipinski definition) is 3. The van der Waals surface area contributed by atoms with E-state index in [1.165, 1.54) is 14.2 Å². The molecule has 0 aliphatic carbocycles. The van der Waals surface area contributed by atoms with E-state index < -0.39 is 120 Å². The van der Waals surface area contributed by atoms with Gasteiger partial charge in [-0.3, -0.25) is 4.79 Å². The van der Waals surface area contributed by atoms with Crippen LogP contribution in [-0.2, 0) is 47.4 Å². The molecule has 0 saturated carbocycles. The maximum Gasteiger partial charge on any atom is 0.338 e. The van der Waals surface area contributed by atoms with Crippen LogP contribution in [0.25, 0.3) is 0 Å². The minimum atomic E-state index is -1.93. The lowest BCUT2D eigenvalue weighted by atomic mass is 9.72. The van der Waals surface area contributed by atoms with Crippen molar-refractivity contribution in [2.24, 2.45) is 23.7 Å². The number of benzene rings is 2. The third-order valence-electron chi connectivity index (χ3n) is 15.3. The zero-order chi connectivity index (χ0) is 51.2. The van der Waals surface area contributed by atoms with Gasteiger partial charge in [0.2, 0.25) is 0 Å². The molecule has 0 radical (unpaired) electrons. The van der Waals surface area contributed by atoms with Gasteiger partial charge in [-0.2, -0.15) is 0 Å². The summed E-state index contributed by atoms with van der Waals surface area (Å²) in [4.78, 5) is 44.0. The fourth-order valence-corrected chi connectivity index (χ4v) is 10.9. The number of methoxy groups -OCH3 is 2. The molecule has 0 amide bonds. The summed E-state index contributed by atoms with van der Waals surface area (Å²) >= 11 is 0. The van der Waals surface area contributed by atoms with E-state index in [0.29, 0.717) is 17.5 Å². The number of nitrogens with zero attached hydrogens (tertiary/aromatic N) is 1. The SMILES string of the molecule is CC[C@H]1OC(=O)[C@H](C)[C@@H](OC2C[C@@](C)(OC)[C@@H](OC(=O)c3ccccc3)[C@H](C)O2)[C@H](C)[C@@H](OC2O[C@H](C)C[C@H](N(C)C)[C@H]2OC(=O)c2ccccc2)[C@](C)(OC)C[C@@H](C)[C@H](O)[C@H](C)[C@@H](O)[C@@]1(O)CC. The van der Waals surface area contributed by atoms with Crippen molar-refractivity contribution in [1.82, 2.24) is 4.90 Å². The van der Waals surface area contributed by atoms with Gasteiger partial charge in [-0.25, -0.2) is 9.59 Å². The highest BCUT2D eigenvalue weighted by Crippen LogP contribution is 2.43. The predicted octanol–water partition coefficient (Wildman–Crippen LogP) is 6.35. The molecule has 0 spiro atoms. The summed E-state index contributed by atoms with van der Waals surface area (Å²) in [5, 5.41) is 36.2. The molecule has 2 unspecified atom stereocenters. The number of aliphatic hydroxyl groups is 3. The number of ether oxygens (including phenoxy) is 9. The van der Waals surface area contributed by atoms with Gasteiger partial charge in [0.25, 0.3) is 0 Å². The Hall–Kier alpha value is -3.55. The van der Waals surface area contributed by atoms with Crippen LogP contribution in [0, 0.1) is 23.7 Å². The number of likely N-dealkylation sites (N-methyl/N-ethyl adjacent to an activating group) is 1. The minimum absolute atomic E-state index is 0.0188. The van der Waals surface area contributed by atoms with Crippen molar-refractivity contribution >= 4 is 17.9 Å². The highest BCUT2D eigenvalue weighted by molar-refractivity contribution is 5.90. The predicted molar refractivity (Wildman–Crippen MR) is 256 cm³/mol. The van der Waals surface area contributed by atoms with Gasteiger partial charge in [-0.05, 0) is 105 Å². The monoisotopic (exact) mass is 972 g/mol. The number of carbonyl (C=O) groups is 3. The van der Waals surface area contributed by atoms with E-state index >= 15 is 0 Å². The molecule has 3 N–H and O–H groups in total. The molecule has 0 bridgehead atoms. The summed E-state index contributed by atoms with van der Waals surface area (Å²) in [6, 6.07) is 16.9. The van der Waals surface area contributed by atoms with Crippen molar-refractivity contribution in [2.45, 2.75) is 192 Å². The first-order chi connectivity index (χ1) is 32.5. The Morgan fingerprint density at radius 1 is 0.754 bits per heavy atom. The van der Waals surface area contributed by atoms with Crippen molar-refractivity contribution in [1.29, 1.82) is 0 Å². The maximum absolute atomic E-state index is 14.8. The molecule has 3 heterocycles. The maximum atomic E-state index is 14.8. The Morgan fingerprint density at radius 2 is 1.30 bits per heavy atom.